The highest BCUT2D eigenvalue weighted by Gasteiger charge is 2.31. The molecule has 1 fully saturated rings. The van der Waals surface area contributed by atoms with Crippen LogP contribution in [0.4, 0.5) is 0 Å². The Labute approximate surface area is 141 Å². The Hall–Kier alpha value is -1.92. The van der Waals surface area contributed by atoms with Crippen LogP contribution < -0.4 is 5.32 Å². The van der Waals surface area contributed by atoms with Gasteiger partial charge in [-0.1, -0.05) is 24.3 Å². The molecule has 2 N–H and O–H groups in total. The van der Waals surface area contributed by atoms with Crippen LogP contribution in [0, 0.1) is 0 Å². The third kappa shape index (κ3) is 3.94. The van der Waals surface area contributed by atoms with Gasteiger partial charge in [0.1, 0.15) is 6.04 Å². The van der Waals surface area contributed by atoms with Crippen LogP contribution in [0.5, 0.6) is 0 Å². The predicted molar refractivity (Wildman–Crippen MR) is 86.9 cm³/mol. The normalized spacial score (nSPS) is 24.7. The zero-order valence-electron chi connectivity index (χ0n) is 13.6. The number of aryl methyl sites for hydroxylation is 1. The van der Waals surface area contributed by atoms with Crippen LogP contribution >= 0.6 is 0 Å². The molecule has 3 unspecified atom stereocenters. The molecule has 1 heterocycles. The molecule has 0 spiro atoms. The Morgan fingerprint density at radius 1 is 1.29 bits per heavy atom. The Balaban J connectivity index is 1.66. The summed E-state index contributed by atoms with van der Waals surface area (Å²) in [5.74, 6) is -1.27. The van der Waals surface area contributed by atoms with Gasteiger partial charge in [-0.15, -0.1) is 0 Å². The molecule has 1 aromatic rings. The summed E-state index contributed by atoms with van der Waals surface area (Å²) in [7, 11) is 0. The molecule has 130 valence electrons. The molecular weight excluding hydrogens is 310 g/mol. The Morgan fingerprint density at radius 3 is 2.88 bits per heavy atom. The second-order valence-electron chi connectivity index (χ2n) is 6.36. The summed E-state index contributed by atoms with van der Waals surface area (Å²) in [4.78, 5) is 23.8. The molecule has 1 aromatic carbocycles. The molecule has 1 aliphatic heterocycles. The number of aliphatic carboxylic acids is 1. The van der Waals surface area contributed by atoms with Crippen LogP contribution in [0.15, 0.2) is 24.3 Å². The van der Waals surface area contributed by atoms with Gasteiger partial charge in [0.2, 0.25) is 0 Å². The molecular formula is C18H23NO5. The van der Waals surface area contributed by atoms with Crippen molar-refractivity contribution in [1.29, 1.82) is 0 Å². The summed E-state index contributed by atoms with van der Waals surface area (Å²) in [6.07, 6.45) is 2.69. The first kappa shape index (κ1) is 16.9. The van der Waals surface area contributed by atoms with Gasteiger partial charge in [-0.2, -0.15) is 0 Å². The van der Waals surface area contributed by atoms with Crippen LogP contribution in [-0.4, -0.2) is 48.9 Å². The van der Waals surface area contributed by atoms with E-state index in [9.17, 15) is 14.7 Å². The number of benzene rings is 1. The highest BCUT2D eigenvalue weighted by Crippen LogP contribution is 2.34. The van der Waals surface area contributed by atoms with E-state index >= 15 is 0 Å². The van der Waals surface area contributed by atoms with E-state index in [0.29, 0.717) is 19.6 Å². The highest BCUT2D eigenvalue weighted by atomic mass is 16.6. The molecule has 0 bridgehead atoms. The summed E-state index contributed by atoms with van der Waals surface area (Å²) in [5, 5.41) is 12.1. The predicted octanol–water partition coefficient (Wildman–Crippen LogP) is 1.48. The van der Waals surface area contributed by atoms with Crippen molar-refractivity contribution < 1.29 is 24.2 Å². The SMILES string of the molecule is O=C(O)C(CC1CCCc2ccccc21)NC(=O)C1COCCO1. The molecule has 6 nitrogen and oxygen atoms in total. The monoisotopic (exact) mass is 333 g/mol. The van der Waals surface area contributed by atoms with E-state index in [0.717, 1.165) is 19.3 Å². The number of amides is 1. The number of ether oxygens (including phenoxy) is 2. The second kappa shape index (κ2) is 7.77. The maximum absolute atomic E-state index is 12.2. The molecule has 3 rings (SSSR count). The minimum atomic E-state index is -1.01. The molecule has 24 heavy (non-hydrogen) atoms. The average molecular weight is 333 g/mol. The number of rotatable bonds is 5. The quantitative estimate of drug-likeness (QED) is 0.853. The standard InChI is InChI=1S/C18H23NO5/c20-17(16-11-23-8-9-24-16)19-15(18(21)22)10-13-6-3-5-12-4-1-2-7-14(12)13/h1-2,4,7,13,15-16H,3,5-6,8-11H2,(H,19,20)(H,21,22). The van der Waals surface area contributed by atoms with Gasteiger partial charge in [0.25, 0.3) is 5.91 Å². The van der Waals surface area contributed by atoms with Crippen molar-refractivity contribution in [2.45, 2.75) is 43.7 Å². The van der Waals surface area contributed by atoms with Crippen molar-refractivity contribution in [2.75, 3.05) is 19.8 Å². The smallest absolute Gasteiger partial charge is 0.326 e. The van der Waals surface area contributed by atoms with Crippen molar-refractivity contribution in [3.8, 4) is 0 Å². The molecule has 0 saturated carbocycles. The minimum absolute atomic E-state index is 0.153. The van der Waals surface area contributed by atoms with Crippen LogP contribution in [-0.2, 0) is 25.5 Å². The van der Waals surface area contributed by atoms with Crippen molar-refractivity contribution in [2.24, 2.45) is 0 Å². The first-order valence-electron chi connectivity index (χ1n) is 8.45. The first-order chi connectivity index (χ1) is 11.6. The molecule has 3 atom stereocenters. The summed E-state index contributed by atoms with van der Waals surface area (Å²) in [6.45, 7) is 0.987. The third-order valence-electron chi connectivity index (χ3n) is 4.74. The van der Waals surface area contributed by atoms with Crippen molar-refractivity contribution >= 4 is 11.9 Å². The van der Waals surface area contributed by atoms with E-state index in [1.54, 1.807) is 0 Å². The van der Waals surface area contributed by atoms with Gasteiger partial charge < -0.3 is 19.9 Å². The maximum atomic E-state index is 12.2. The van der Waals surface area contributed by atoms with Gasteiger partial charge in [-0.25, -0.2) is 4.79 Å². The Bertz CT molecular complexity index is 597. The van der Waals surface area contributed by atoms with Crippen LogP contribution in [0.25, 0.3) is 0 Å². The van der Waals surface area contributed by atoms with Gasteiger partial charge in [-0.05, 0) is 42.7 Å². The average Bonchev–Trinajstić information content (AvgIpc) is 2.62. The number of carbonyl (C=O) groups is 2. The van der Waals surface area contributed by atoms with Crippen molar-refractivity contribution in [1.82, 2.24) is 5.32 Å². The molecule has 1 aliphatic carbocycles. The third-order valence-corrected chi connectivity index (χ3v) is 4.74. The summed E-state index contributed by atoms with van der Waals surface area (Å²) < 4.78 is 10.5. The summed E-state index contributed by atoms with van der Waals surface area (Å²) >= 11 is 0. The fourth-order valence-corrected chi connectivity index (χ4v) is 3.51. The number of hydrogen-bond donors (Lipinski definition) is 2. The first-order valence-corrected chi connectivity index (χ1v) is 8.45. The van der Waals surface area contributed by atoms with Gasteiger partial charge in [0, 0.05) is 0 Å². The number of nitrogens with one attached hydrogen (secondary N) is 1. The van der Waals surface area contributed by atoms with E-state index < -0.39 is 24.0 Å². The minimum Gasteiger partial charge on any atom is -0.480 e. The van der Waals surface area contributed by atoms with E-state index in [-0.39, 0.29) is 12.5 Å². The lowest BCUT2D eigenvalue weighted by molar-refractivity contribution is -0.152. The zero-order chi connectivity index (χ0) is 16.9. The van der Waals surface area contributed by atoms with Crippen LogP contribution in [0.3, 0.4) is 0 Å². The second-order valence-corrected chi connectivity index (χ2v) is 6.36. The maximum Gasteiger partial charge on any atom is 0.326 e. The molecule has 0 aromatic heterocycles. The lowest BCUT2D eigenvalue weighted by Gasteiger charge is -2.29. The van der Waals surface area contributed by atoms with E-state index in [1.165, 1.54) is 11.1 Å². The molecule has 2 aliphatic rings. The Kier molecular flexibility index (Phi) is 5.48. The molecule has 1 amide bonds. The van der Waals surface area contributed by atoms with Gasteiger partial charge in [0.15, 0.2) is 6.10 Å². The molecule has 6 heteroatoms. The number of carboxylic acid groups (broad SMARTS) is 1. The Morgan fingerprint density at radius 2 is 2.12 bits per heavy atom. The number of fused-ring (bicyclic) bond motifs is 1. The molecule has 1 saturated heterocycles. The van der Waals surface area contributed by atoms with Gasteiger partial charge in [-0.3, -0.25) is 4.79 Å². The lowest BCUT2D eigenvalue weighted by Crippen LogP contribution is -2.49. The number of hydrogen-bond acceptors (Lipinski definition) is 4. The largest absolute Gasteiger partial charge is 0.480 e. The van der Waals surface area contributed by atoms with Gasteiger partial charge in [0.05, 0.1) is 19.8 Å². The highest BCUT2D eigenvalue weighted by molar-refractivity contribution is 5.86. The van der Waals surface area contributed by atoms with Crippen molar-refractivity contribution in [3.63, 3.8) is 0 Å². The summed E-state index contributed by atoms with van der Waals surface area (Å²) in [5.41, 5.74) is 2.50. The van der Waals surface area contributed by atoms with Crippen LogP contribution in [0.1, 0.15) is 36.3 Å². The summed E-state index contributed by atoms with van der Waals surface area (Å²) in [6, 6.07) is 7.25. The van der Waals surface area contributed by atoms with E-state index in [4.69, 9.17) is 9.47 Å². The van der Waals surface area contributed by atoms with Gasteiger partial charge >= 0.3 is 5.97 Å². The zero-order valence-corrected chi connectivity index (χ0v) is 13.6. The number of carbonyl (C=O) groups excluding carboxylic acids is 1. The number of carboxylic acids is 1. The molecule has 0 radical (unpaired) electrons. The van der Waals surface area contributed by atoms with E-state index in [1.807, 2.05) is 12.1 Å². The topological polar surface area (TPSA) is 84.9 Å². The van der Waals surface area contributed by atoms with Crippen molar-refractivity contribution in [3.05, 3.63) is 35.4 Å². The van der Waals surface area contributed by atoms with E-state index in [2.05, 4.69) is 17.4 Å². The lowest BCUT2D eigenvalue weighted by atomic mass is 9.79. The fraction of sp³-hybridized carbons (Fsp3) is 0.556. The fourth-order valence-electron chi connectivity index (χ4n) is 3.51. The van der Waals surface area contributed by atoms with Crippen LogP contribution in [0.2, 0.25) is 0 Å².